The zero-order valence-corrected chi connectivity index (χ0v) is 22.8. The number of likely N-dealkylation sites (tertiary alicyclic amines) is 2. The van der Waals surface area contributed by atoms with Gasteiger partial charge in [-0.15, -0.1) is 24.0 Å². The second-order valence-corrected chi connectivity index (χ2v) is 10.1. The van der Waals surface area contributed by atoms with Crippen LogP contribution in [0.15, 0.2) is 4.99 Å². The highest BCUT2D eigenvalue weighted by Crippen LogP contribution is 2.31. The van der Waals surface area contributed by atoms with Crippen molar-refractivity contribution in [3.05, 3.63) is 11.6 Å². The largest absolute Gasteiger partial charge is 0.355 e. The highest BCUT2D eigenvalue weighted by Gasteiger charge is 2.39. The predicted molar refractivity (Wildman–Crippen MR) is 141 cm³/mol. The van der Waals surface area contributed by atoms with Crippen molar-refractivity contribution in [1.29, 1.82) is 0 Å². The van der Waals surface area contributed by atoms with Crippen LogP contribution in [0.4, 0.5) is 0 Å². The maximum Gasteiger partial charge on any atom is 0.191 e. The van der Waals surface area contributed by atoms with Crippen molar-refractivity contribution in [2.24, 2.45) is 4.99 Å². The fraction of sp³-hybridized carbons (Fsp3) is 0.870. The number of nitrogens with zero attached hydrogens (tertiary/aromatic N) is 6. The molecule has 1 unspecified atom stereocenters. The number of aromatic nitrogens is 3. The van der Waals surface area contributed by atoms with Gasteiger partial charge in [0.2, 0.25) is 0 Å². The highest BCUT2D eigenvalue weighted by atomic mass is 127. The number of rotatable bonds is 5. The van der Waals surface area contributed by atoms with Crippen molar-refractivity contribution in [2.45, 2.75) is 82.8 Å². The molecular weight excluding hydrogens is 515 g/mol. The molecule has 8 nitrogen and oxygen atoms in total. The number of hydrogen-bond acceptors (Lipinski definition) is 5. The zero-order chi connectivity index (χ0) is 21.8. The fourth-order valence-electron chi connectivity index (χ4n) is 5.33. The van der Waals surface area contributed by atoms with Crippen LogP contribution < -0.4 is 10.6 Å². The van der Waals surface area contributed by atoms with Gasteiger partial charge >= 0.3 is 0 Å². The number of aliphatic imine (C=N–C) groups is 1. The van der Waals surface area contributed by atoms with Gasteiger partial charge in [-0.05, 0) is 65.3 Å². The van der Waals surface area contributed by atoms with Crippen molar-refractivity contribution in [1.82, 2.24) is 35.2 Å². The molecule has 0 spiro atoms. The number of hydrogen-bond donors (Lipinski definition) is 2. The molecule has 4 rings (SSSR count). The van der Waals surface area contributed by atoms with Gasteiger partial charge in [0.25, 0.3) is 0 Å². The first-order chi connectivity index (χ1) is 15.0. The Balaban J connectivity index is 0.00000289. The monoisotopic (exact) mass is 558 g/mol. The van der Waals surface area contributed by atoms with Crippen LogP contribution in [-0.4, -0.2) is 88.9 Å². The second-order valence-electron chi connectivity index (χ2n) is 10.1. The summed E-state index contributed by atoms with van der Waals surface area (Å²) in [6.45, 7) is 11.0. The van der Waals surface area contributed by atoms with Gasteiger partial charge < -0.3 is 15.5 Å². The van der Waals surface area contributed by atoms with E-state index in [0.717, 1.165) is 43.5 Å². The molecule has 9 heteroatoms. The molecule has 0 amide bonds. The summed E-state index contributed by atoms with van der Waals surface area (Å²) in [5.74, 6) is 3.39. The third kappa shape index (κ3) is 5.94. The first-order valence-electron chi connectivity index (χ1n) is 12.3. The van der Waals surface area contributed by atoms with E-state index >= 15 is 0 Å². The van der Waals surface area contributed by atoms with E-state index in [0.29, 0.717) is 12.0 Å². The Morgan fingerprint density at radius 2 is 1.88 bits per heavy atom. The van der Waals surface area contributed by atoms with Gasteiger partial charge in [-0.2, -0.15) is 5.10 Å². The van der Waals surface area contributed by atoms with E-state index in [9.17, 15) is 0 Å². The normalized spacial score (nSPS) is 24.7. The Morgan fingerprint density at radius 3 is 2.53 bits per heavy atom. The maximum atomic E-state index is 4.73. The predicted octanol–water partition coefficient (Wildman–Crippen LogP) is 2.45. The summed E-state index contributed by atoms with van der Waals surface area (Å²) in [4.78, 5) is 14.5. The molecule has 0 saturated carbocycles. The summed E-state index contributed by atoms with van der Waals surface area (Å²) in [6, 6.07) is 0.337. The van der Waals surface area contributed by atoms with Crippen molar-refractivity contribution < 1.29 is 0 Å². The summed E-state index contributed by atoms with van der Waals surface area (Å²) in [7, 11) is 4.14. The molecule has 1 aromatic rings. The minimum Gasteiger partial charge on any atom is -0.355 e. The number of fused-ring (bicyclic) bond motifs is 1. The van der Waals surface area contributed by atoms with Gasteiger partial charge in [0.15, 0.2) is 11.8 Å². The summed E-state index contributed by atoms with van der Waals surface area (Å²) in [5.41, 5.74) is 0.252. The van der Waals surface area contributed by atoms with Gasteiger partial charge in [0.05, 0.1) is 6.54 Å². The molecule has 2 fully saturated rings. The molecule has 3 aliphatic rings. The lowest BCUT2D eigenvalue weighted by Crippen LogP contribution is -2.62. The van der Waals surface area contributed by atoms with Gasteiger partial charge in [-0.1, -0.05) is 20.3 Å². The number of halogens is 1. The zero-order valence-electron chi connectivity index (χ0n) is 20.4. The lowest BCUT2D eigenvalue weighted by atomic mass is 9.84. The van der Waals surface area contributed by atoms with E-state index in [1.807, 2.05) is 7.05 Å². The van der Waals surface area contributed by atoms with Crippen LogP contribution in [0, 0.1) is 0 Å². The molecule has 0 aromatic carbocycles. The Labute approximate surface area is 211 Å². The van der Waals surface area contributed by atoms with Crippen LogP contribution in [0.5, 0.6) is 0 Å². The van der Waals surface area contributed by atoms with Crippen LogP contribution in [-0.2, 0) is 13.0 Å². The Bertz CT molecular complexity index is 747. The number of guanidine groups is 1. The SMILES string of the molecule is CN=C(NCC1(N2CCCCC2)CCN(C)CC1)NC1CCc2nc(C(C)C)nn2C1.I. The molecule has 2 saturated heterocycles. The van der Waals surface area contributed by atoms with Crippen molar-refractivity contribution >= 4 is 29.9 Å². The van der Waals surface area contributed by atoms with Crippen LogP contribution in [0.1, 0.15) is 69.9 Å². The van der Waals surface area contributed by atoms with Gasteiger partial charge in [-0.25, -0.2) is 9.67 Å². The summed E-state index contributed by atoms with van der Waals surface area (Å²) >= 11 is 0. The van der Waals surface area contributed by atoms with Crippen LogP contribution >= 0.6 is 24.0 Å². The van der Waals surface area contributed by atoms with E-state index in [2.05, 4.69) is 51.0 Å². The van der Waals surface area contributed by atoms with E-state index in [-0.39, 0.29) is 29.5 Å². The van der Waals surface area contributed by atoms with E-state index in [1.54, 1.807) is 0 Å². The molecule has 4 heterocycles. The molecule has 0 aliphatic carbocycles. The molecule has 0 radical (unpaired) electrons. The average Bonchev–Trinajstić information content (AvgIpc) is 3.22. The molecule has 1 atom stereocenters. The summed E-state index contributed by atoms with van der Waals surface area (Å²) < 4.78 is 2.09. The van der Waals surface area contributed by atoms with Crippen molar-refractivity contribution in [3.63, 3.8) is 0 Å². The Morgan fingerprint density at radius 1 is 1.16 bits per heavy atom. The average molecular weight is 559 g/mol. The lowest BCUT2D eigenvalue weighted by Gasteiger charge is -2.50. The molecule has 3 aliphatic heterocycles. The molecule has 1 aromatic heterocycles. The highest BCUT2D eigenvalue weighted by molar-refractivity contribution is 14.0. The van der Waals surface area contributed by atoms with Crippen molar-refractivity contribution in [3.8, 4) is 0 Å². The Kier molecular flexibility index (Phi) is 9.20. The number of aryl methyl sites for hydroxylation is 1. The van der Waals surface area contributed by atoms with E-state index in [1.165, 1.54) is 58.3 Å². The van der Waals surface area contributed by atoms with E-state index < -0.39 is 0 Å². The first kappa shape index (κ1) is 25.7. The minimum atomic E-state index is 0. The molecule has 32 heavy (non-hydrogen) atoms. The van der Waals surface area contributed by atoms with E-state index in [4.69, 9.17) is 10.1 Å². The number of nitrogens with one attached hydrogen (secondary N) is 2. The minimum absolute atomic E-state index is 0. The Hall–Kier alpha value is -0.940. The quantitative estimate of drug-likeness (QED) is 0.329. The maximum absolute atomic E-state index is 4.73. The fourth-order valence-corrected chi connectivity index (χ4v) is 5.33. The van der Waals surface area contributed by atoms with Crippen LogP contribution in [0.25, 0.3) is 0 Å². The van der Waals surface area contributed by atoms with Crippen LogP contribution in [0.2, 0.25) is 0 Å². The number of piperidine rings is 2. The van der Waals surface area contributed by atoms with Crippen LogP contribution in [0.3, 0.4) is 0 Å². The summed E-state index contributed by atoms with van der Waals surface area (Å²) in [5, 5.41) is 12.1. The first-order valence-corrected chi connectivity index (χ1v) is 12.3. The van der Waals surface area contributed by atoms with Crippen molar-refractivity contribution in [2.75, 3.05) is 46.8 Å². The third-order valence-corrected chi connectivity index (χ3v) is 7.48. The van der Waals surface area contributed by atoms with Gasteiger partial charge in [0, 0.05) is 37.5 Å². The third-order valence-electron chi connectivity index (χ3n) is 7.48. The molecule has 2 N–H and O–H groups in total. The molecular formula is C23H43IN8. The van der Waals surface area contributed by atoms with Gasteiger partial charge in [0.1, 0.15) is 5.82 Å². The standard InChI is InChI=1S/C23H42N8.HI/c1-18(2)21-27-20-9-8-19(16-31(20)28-21)26-22(24-3)25-17-23(10-14-29(4)15-11-23)30-12-6-5-7-13-30;/h18-19H,5-17H2,1-4H3,(H2,24,25,26);1H. The second kappa shape index (κ2) is 11.5. The van der Waals surface area contributed by atoms with Gasteiger partial charge in [-0.3, -0.25) is 9.89 Å². The molecule has 0 bridgehead atoms. The summed E-state index contributed by atoms with van der Waals surface area (Å²) in [6.07, 6.45) is 8.57. The lowest BCUT2D eigenvalue weighted by molar-refractivity contribution is 0.0172. The smallest absolute Gasteiger partial charge is 0.191 e. The topological polar surface area (TPSA) is 73.6 Å². The molecule has 182 valence electrons.